The van der Waals surface area contributed by atoms with Gasteiger partial charge in [-0.3, -0.25) is 0 Å². The van der Waals surface area contributed by atoms with Crippen molar-refractivity contribution in [2.75, 3.05) is 0 Å². The zero-order chi connectivity index (χ0) is 12.3. The van der Waals surface area contributed by atoms with Crippen molar-refractivity contribution in [2.45, 2.75) is 13.5 Å². The third-order valence-electron chi connectivity index (χ3n) is 2.28. The first-order valence-electron chi connectivity index (χ1n) is 5.19. The molecule has 0 spiro atoms. The molecule has 2 aromatic rings. The second-order valence-corrected chi connectivity index (χ2v) is 4.10. The lowest BCUT2D eigenvalue weighted by atomic mass is 10.2. The number of benzene rings is 1. The molecule has 0 aliphatic carbocycles. The van der Waals surface area contributed by atoms with E-state index in [1.807, 2.05) is 19.1 Å². The molecule has 17 heavy (non-hydrogen) atoms. The topological polar surface area (TPSA) is 42.4 Å². The zero-order valence-corrected chi connectivity index (χ0v) is 10.1. The number of rotatable bonds is 3. The Morgan fingerprint density at radius 2 is 2.12 bits per heavy atom. The van der Waals surface area contributed by atoms with Crippen LogP contribution in [0.1, 0.15) is 11.1 Å². The average molecular weight is 250 g/mol. The summed E-state index contributed by atoms with van der Waals surface area (Å²) in [5.41, 5.74) is 1.81. The van der Waals surface area contributed by atoms with E-state index in [0.717, 1.165) is 11.1 Å². The lowest BCUT2D eigenvalue weighted by Crippen LogP contribution is -1.91. The maximum absolute atomic E-state index is 9.02. The first-order chi connectivity index (χ1) is 8.19. The van der Waals surface area contributed by atoms with E-state index in [4.69, 9.17) is 21.4 Å². The Balaban J connectivity index is 2.27. The summed E-state index contributed by atoms with van der Waals surface area (Å²) in [5.74, 6) is 0.985. The summed E-state index contributed by atoms with van der Waals surface area (Å²) in [5, 5.41) is 9.55. The lowest BCUT2D eigenvalue weighted by molar-refractivity contribution is 0.281. The fourth-order valence-corrected chi connectivity index (χ4v) is 1.56. The van der Waals surface area contributed by atoms with Crippen molar-refractivity contribution < 1.29 is 9.84 Å². The molecule has 0 aliphatic rings. The quantitative estimate of drug-likeness (QED) is 0.907. The molecule has 1 N–H and O–H groups in total. The molecule has 0 atom stereocenters. The molecule has 2 rings (SSSR count). The highest BCUT2D eigenvalue weighted by Gasteiger charge is 2.04. The van der Waals surface area contributed by atoms with Gasteiger partial charge in [0.2, 0.25) is 5.88 Å². The minimum Gasteiger partial charge on any atom is -0.437 e. The largest absolute Gasteiger partial charge is 0.437 e. The number of pyridine rings is 1. The van der Waals surface area contributed by atoms with Gasteiger partial charge in [0, 0.05) is 12.3 Å². The SMILES string of the molecule is Cc1ccc(Cl)c(Oc2cc(CO)ccn2)c1. The second-order valence-electron chi connectivity index (χ2n) is 3.70. The number of halogens is 1. The van der Waals surface area contributed by atoms with Crippen molar-refractivity contribution in [3.05, 3.63) is 52.7 Å². The minimum absolute atomic E-state index is 0.0412. The Morgan fingerprint density at radius 3 is 2.88 bits per heavy atom. The predicted octanol–water partition coefficient (Wildman–Crippen LogP) is 3.33. The van der Waals surface area contributed by atoms with Gasteiger partial charge in [-0.05, 0) is 36.2 Å². The van der Waals surface area contributed by atoms with Gasteiger partial charge in [0.25, 0.3) is 0 Å². The van der Waals surface area contributed by atoms with Gasteiger partial charge in [0.05, 0.1) is 11.6 Å². The number of hydrogen-bond donors (Lipinski definition) is 1. The van der Waals surface area contributed by atoms with E-state index < -0.39 is 0 Å². The number of ether oxygens (including phenoxy) is 1. The zero-order valence-electron chi connectivity index (χ0n) is 9.35. The van der Waals surface area contributed by atoms with Crippen molar-refractivity contribution >= 4 is 11.6 Å². The van der Waals surface area contributed by atoms with Crippen molar-refractivity contribution in [3.63, 3.8) is 0 Å². The highest BCUT2D eigenvalue weighted by molar-refractivity contribution is 6.32. The Morgan fingerprint density at radius 1 is 1.29 bits per heavy atom. The number of aromatic nitrogens is 1. The molecule has 0 unspecified atom stereocenters. The van der Waals surface area contributed by atoms with Crippen molar-refractivity contribution in [1.29, 1.82) is 0 Å². The Hall–Kier alpha value is -1.58. The van der Waals surface area contributed by atoms with Crippen molar-refractivity contribution in [1.82, 2.24) is 4.98 Å². The van der Waals surface area contributed by atoms with Crippen LogP contribution < -0.4 is 4.74 Å². The van der Waals surface area contributed by atoms with Crippen LogP contribution in [0, 0.1) is 6.92 Å². The van der Waals surface area contributed by atoms with E-state index >= 15 is 0 Å². The van der Waals surface area contributed by atoms with E-state index in [9.17, 15) is 0 Å². The molecule has 0 saturated heterocycles. The molecule has 4 heteroatoms. The maximum Gasteiger partial charge on any atom is 0.219 e. The van der Waals surface area contributed by atoms with Gasteiger partial charge >= 0.3 is 0 Å². The number of aliphatic hydroxyl groups is 1. The smallest absolute Gasteiger partial charge is 0.219 e. The van der Waals surface area contributed by atoms with Crippen LogP contribution in [0.2, 0.25) is 5.02 Å². The monoisotopic (exact) mass is 249 g/mol. The standard InChI is InChI=1S/C13H12ClNO2/c1-9-2-3-11(14)12(6-9)17-13-7-10(8-16)4-5-15-13/h2-7,16H,8H2,1H3. The maximum atomic E-state index is 9.02. The number of nitrogens with zero attached hydrogens (tertiary/aromatic N) is 1. The number of hydrogen-bond acceptors (Lipinski definition) is 3. The van der Waals surface area contributed by atoms with Crippen LogP contribution >= 0.6 is 11.6 Å². The minimum atomic E-state index is -0.0412. The van der Waals surface area contributed by atoms with Crippen LogP contribution in [-0.4, -0.2) is 10.1 Å². The van der Waals surface area contributed by atoms with Crippen LogP contribution in [0.15, 0.2) is 36.5 Å². The molecule has 1 heterocycles. The van der Waals surface area contributed by atoms with Gasteiger partial charge in [-0.15, -0.1) is 0 Å². The molecule has 0 aliphatic heterocycles. The number of aryl methyl sites for hydroxylation is 1. The van der Waals surface area contributed by atoms with E-state index in [-0.39, 0.29) is 6.61 Å². The van der Waals surface area contributed by atoms with E-state index in [2.05, 4.69) is 4.98 Å². The summed E-state index contributed by atoms with van der Waals surface area (Å²) < 4.78 is 5.58. The third kappa shape index (κ3) is 2.96. The second kappa shape index (κ2) is 5.17. The summed E-state index contributed by atoms with van der Waals surface area (Å²) in [6, 6.07) is 8.94. The van der Waals surface area contributed by atoms with Gasteiger partial charge in [-0.1, -0.05) is 17.7 Å². The molecule has 0 bridgehead atoms. The Labute approximate surface area is 105 Å². The molecule has 3 nitrogen and oxygen atoms in total. The van der Waals surface area contributed by atoms with Crippen LogP contribution in [0.5, 0.6) is 11.6 Å². The van der Waals surface area contributed by atoms with Crippen molar-refractivity contribution in [3.8, 4) is 11.6 Å². The molecular weight excluding hydrogens is 238 g/mol. The lowest BCUT2D eigenvalue weighted by Gasteiger charge is -2.08. The number of aliphatic hydroxyl groups excluding tert-OH is 1. The predicted molar refractivity (Wildman–Crippen MR) is 66.4 cm³/mol. The molecule has 0 fully saturated rings. The highest BCUT2D eigenvalue weighted by atomic mass is 35.5. The van der Waals surface area contributed by atoms with Gasteiger partial charge in [0.1, 0.15) is 5.75 Å². The normalized spacial score (nSPS) is 10.3. The molecular formula is C13H12ClNO2. The molecule has 1 aromatic carbocycles. The molecule has 1 aromatic heterocycles. The molecule has 88 valence electrons. The van der Waals surface area contributed by atoms with Crippen LogP contribution in [0.25, 0.3) is 0 Å². The fourth-order valence-electron chi connectivity index (χ4n) is 1.41. The summed E-state index contributed by atoms with van der Waals surface area (Å²) in [6.07, 6.45) is 1.59. The Kier molecular flexibility index (Phi) is 3.61. The summed E-state index contributed by atoms with van der Waals surface area (Å²) >= 11 is 6.02. The van der Waals surface area contributed by atoms with Crippen LogP contribution in [-0.2, 0) is 6.61 Å². The van der Waals surface area contributed by atoms with E-state index in [0.29, 0.717) is 16.7 Å². The van der Waals surface area contributed by atoms with Gasteiger partial charge in [0.15, 0.2) is 0 Å². The molecule has 0 saturated carbocycles. The third-order valence-corrected chi connectivity index (χ3v) is 2.60. The van der Waals surface area contributed by atoms with Crippen molar-refractivity contribution in [2.24, 2.45) is 0 Å². The van der Waals surface area contributed by atoms with Gasteiger partial charge in [-0.25, -0.2) is 4.98 Å². The van der Waals surface area contributed by atoms with E-state index in [1.165, 1.54) is 0 Å². The first-order valence-corrected chi connectivity index (χ1v) is 5.56. The molecule has 0 amide bonds. The van der Waals surface area contributed by atoms with Crippen LogP contribution in [0.3, 0.4) is 0 Å². The van der Waals surface area contributed by atoms with Crippen LogP contribution in [0.4, 0.5) is 0 Å². The summed E-state index contributed by atoms with van der Waals surface area (Å²) in [4.78, 5) is 4.06. The summed E-state index contributed by atoms with van der Waals surface area (Å²) in [7, 11) is 0. The molecule has 0 radical (unpaired) electrons. The summed E-state index contributed by atoms with van der Waals surface area (Å²) in [6.45, 7) is 1.92. The highest BCUT2D eigenvalue weighted by Crippen LogP contribution is 2.29. The van der Waals surface area contributed by atoms with Gasteiger partial charge in [-0.2, -0.15) is 0 Å². The van der Waals surface area contributed by atoms with Gasteiger partial charge < -0.3 is 9.84 Å². The first kappa shape index (κ1) is 11.9. The van der Waals surface area contributed by atoms with E-state index in [1.54, 1.807) is 24.4 Å². The Bertz CT molecular complexity index is 529. The fraction of sp³-hybridized carbons (Fsp3) is 0.154. The average Bonchev–Trinajstić information content (AvgIpc) is 2.34.